The van der Waals surface area contributed by atoms with Gasteiger partial charge in [-0.1, -0.05) is 12.1 Å². The third-order valence-electron chi connectivity index (χ3n) is 4.40. The second-order valence-corrected chi connectivity index (χ2v) is 8.21. The van der Waals surface area contributed by atoms with E-state index in [0.29, 0.717) is 39.1 Å². The van der Waals surface area contributed by atoms with Crippen molar-refractivity contribution in [3.8, 4) is 0 Å². The summed E-state index contributed by atoms with van der Waals surface area (Å²) in [6, 6.07) is 6.14. The molecule has 0 bridgehead atoms. The van der Waals surface area contributed by atoms with Gasteiger partial charge >= 0.3 is 0 Å². The molecule has 1 aliphatic rings. The second-order valence-electron chi connectivity index (χ2n) is 6.22. The summed E-state index contributed by atoms with van der Waals surface area (Å²) in [5, 5.41) is 5.42. The van der Waals surface area contributed by atoms with Gasteiger partial charge in [0, 0.05) is 38.0 Å². The first kappa shape index (κ1) is 16.9. The summed E-state index contributed by atoms with van der Waals surface area (Å²) >= 11 is 0. The Bertz CT molecular complexity index is 851. The number of carbonyl (C=O) groups excluding carboxylic acids is 1. The number of aromatic nitrogens is 2. The van der Waals surface area contributed by atoms with Gasteiger partial charge in [-0.2, -0.15) is 9.40 Å². The fourth-order valence-electron chi connectivity index (χ4n) is 2.99. The number of fused-ring (bicyclic) bond motifs is 1. The monoisotopic (exact) mass is 350 g/mol. The van der Waals surface area contributed by atoms with Gasteiger partial charge < -0.3 is 4.90 Å². The minimum absolute atomic E-state index is 0.0412. The van der Waals surface area contributed by atoms with Crippen LogP contribution in [0.15, 0.2) is 24.4 Å². The van der Waals surface area contributed by atoms with Crippen LogP contribution in [-0.2, 0) is 21.4 Å². The van der Waals surface area contributed by atoms with E-state index in [0.717, 1.165) is 16.5 Å². The number of sulfonamides is 1. The van der Waals surface area contributed by atoms with Gasteiger partial charge in [-0.25, -0.2) is 8.42 Å². The highest BCUT2D eigenvalue weighted by atomic mass is 32.2. The largest absolute Gasteiger partial charge is 0.340 e. The number of carbonyl (C=O) groups is 1. The van der Waals surface area contributed by atoms with Gasteiger partial charge in [0.05, 0.1) is 24.5 Å². The Labute approximate surface area is 141 Å². The van der Waals surface area contributed by atoms with E-state index in [-0.39, 0.29) is 5.91 Å². The standard InChI is InChI=1S/C16H22N4O3S/c1-13-3-4-14-12-17-20(15(14)11-13)6-5-16(21)18-7-9-19(10-8-18)24(2,22)23/h3-4,11-12H,5-10H2,1-2H3. The van der Waals surface area contributed by atoms with Crippen LogP contribution in [0.2, 0.25) is 0 Å². The predicted octanol–water partition coefficient (Wildman–Crippen LogP) is 0.839. The molecule has 2 heterocycles. The zero-order valence-electron chi connectivity index (χ0n) is 14.0. The predicted molar refractivity (Wildman–Crippen MR) is 92.1 cm³/mol. The Kier molecular flexibility index (Phi) is 4.60. The number of nitrogens with zero attached hydrogens (tertiary/aromatic N) is 4. The molecule has 0 aliphatic carbocycles. The summed E-state index contributed by atoms with van der Waals surface area (Å²) in [6.07, 6.45) is 3.38. The quantitative estimate of drug-likeness (QED) is 0.819. The van der Waals surface area contributed by atoms with Gasteiger partial charge in [0.25, 0.3) is 0 Å². The Hall–Kier alpha value is -1.93. The molecule has 3 rings (SSSR count). The molecule has 130 valence electrons. The molecule has 0 unspecified atom stereocenters. The molecule has 1 aromatic carbocycles. The number of rotatable bonds is 4. The Morgan fingerprint density at radius 2 is 1.92 bits per heavy atom. The van der Waals surface area contributed by atoms with Crippen molar-refractivity contribution in [2.24, 2.45) is 0 Å². The summed E-state index contributed by atoms with van der Waals surface area (Å²) in [6.45, 7) is 4.19. The maximum absolute atomic E-state index is 12.4. The molecular weight excluding hydrogens is 328 g/mol. The third kappa shape index (κ3) is 3.59. The van der Waals surface area contributed by atoms with Crippen LogP contribution in [0.1, 0.15) is 12.0 Å². The van der Waals surface area contributed by atoms with Gasteiger partial charge in [-0.15, -0.1) is 0 Å². The van der Waals surface area contributed by atoms with Gasteiger partial charge in [-0.3, -0.25) is 9.48 Å². The van der Waals surface area contributed by atoms with Crippen molar-refractivity contribution in [2.75, 3.05) is 32.4 Å². The molecule has 2 aromatic rings. The lowest BCUT2D eigenvalue weighted by Crippen LogP contribution is -2.50. The molecule has 24 heavy (non-hydrogen) atoms. The van der Waals surface area contributed by atoms with E-state index in [1.807, 2.05) is 29.9 Å². The average molecular weight is 350 g/mol. The zero-order chi connectivity index (χ0) is 17.3. The third-order valence-corrected chi connectivity index (χ3v) is 5.70. The number of hydrogen-bond donors (Lipinski definition) is 0. The average Bonchev–Trinajstić information content (AvgIpc) is 2.94. The highest BCUT2D eigenvalue weighted by molar-refractivity contribution is 7.88. The van der Waals surface area contributed by atoms with E-state index in [4.69, 9.17) is 0 Å². The van der Waals surface area contributed by atoms with Crippen LogP contribution in [0.25, 0.3) is 10.9 Å². The van der Waals surface area contributed by atoms with Crippen LogP contribution in [-0.4, -0.2) is 65.7 Å². The van der Waals surface area contributed by atoms with Gasteiger partial charge in [-0.05, 0) is 18.6 Å². The number of amides is 1. The lowest BCUT2D eigenvalue weighted by Gasteiger charge is -2.33. The number of aryl methyl sites for hydroxylation is 2. The van der Waals surface area contributed by atoms with E-state index in [2.05, 4.69) is 11.2 Å². The van der Waals surface area contributed by atoms with Gasteiger partial charge in [0.1, 0.15) is 0 Å². The Morgan fingerprint density at radius 3 is 2.58 bits per heavy atom. The van der Waals surface area contributed by atoms with Crippen molar-refractivity contribution in [3.63, 3.8) is 0 Å². The topological polar surface area (TPSA) is 75.5 Å². The zero-order valence-corrected chi connectivity index (χ0v) is 14.8. The molecule has 0 saturated carbocycles. The van der Waals surface area contributed by atoms with Crippen LogP contribution in [0.4, 0.5) is 0 Å². The van der Waals surface area contributed by atoms with E-state index in [1.54, 1.807) is 4.90 Å². The maximum atomic E-state index is 12.4. The maximum Gasteiger partial charge on any atom is 0.224 e. The van der Waals surface area contributed by atoms with Crippen molar-refractivity contribution in [1.29, 1.82) is 0 Å². The molecule has 1 aliphatic heterocycles. The van der Waals surface area contributed by atoms with E-state index in [9.17, 15) is 13.2 Å². The van der Waals surface area contributed by atoms with E-state index in [1.165, 1.54) is 10.6 Å². The molecular formula is C16H22N4O3S. The lowest BCUT2D eigenvalue weighted by molar-refractivity contribution is -0.132. The van der Waals surface area contributed by atoms with Crippen LogP contribution in [0, 0.1) is 6.92 Å². The van der Waals surface area contributed by atoms with Crippen molar-refractivity contribution >= 4 is 26.8 Å². The fourth-order valence-corrected chi connectivity index (χ4v) is 3.81. The molecule has 0 radical (unpaired) electrons. The van der Waals surface area contributed by atoms with Crippen molar-refractivity contribution in [3.05, 3.63) is 30.0 Å². The molecule has 1 fully saturated rings. The van der Waals surface area contributed by atoms with Crippen molar-refractivity contribution in [2.45, 2.75) is 19.9 Å². The Balaban J connectivity index is 1.59. The summed E-state index contributed by atoms with van der Waals surface area (Å²) in [7, 11) is -3.17. The number of hydrogen-bond acceptors (Lipinski definition) is 4. The minimum Gasteiger partial charge on any atom is -0.340 e. The molecule has 0 spiro atoms. The SMILES string of the molecule is Cc1ccc2cnn(CCC(=O)N3CCN(S(C)(=O)=O)CC3)c2c1. The summed E-state index contributed by atoms with van der Waals surface area (Å²) < 4.78 is 26.3. The van der Waals surface area contributed by atoms with Crippen molar-refractivity contribution in [1.82, 2.24) is 19.0 Å². The van der Waals surface area contributed by atoms with E-state index >= 15 is 0 Å². The molecule has 0 atom stereocenters. The van der Waals surface area contributed by atoms with Crippen LogP contribution in [0.3, 0.4) is 0 Å². The second kappa shape index (κ2) is 6.52. The Morgan fingerprint density at radius 1 is 1.21 bits per heavy atom. The van der Waals surface area contributed by atoms with Crippen molar-refractivity contribution < 1.29 is 13.2 Å². The minimum atomic E-state index is -3.17. The van der Waals surface area contributed by atoms with Gasteiger partial charge in [0.15, 0.2) is 0 Å². The molecule has 1 amide bonds. The molecule has 0 N–H and O–H groups in total. The fraction of sp³-hybridized carbons (Fsp3) is 0.500. The highest BCUT2D eigenvalue weighted by Crippen LogP contribution is 2.16. The van der Waals surface area contributed by atoms with Crippen LogP contribution >= 0.6 is 0 Å². The molecule has 1 aromatic heterocycles. The van der Waals surface area contributed by atoms with E-state index < -0.39 is 10.0 Å². The number of benzene rings is 1. The normalized spacial score (nSPS) is 16.7. The first-order chi connectivity index (χ1) is 11.3. The highest BCUT2D eigenvalue weighted by Gasteiger charge is 2.25. The number of piperazine rings is 1. The summed E-state index contributed by atoms with van der Waals surface area (Å²) in [5.41, 5.74) is 2.19. The van der Waals surface area contributed by atoms with Gasteiger partial charge in [0.2, 0.25) is 15.9 Å². The smallest absolute Gasteiger partial charge is 0.224 e. The summed E-state index contributed by atoms with van der Waals surface area (Å²) in [5.74, 6) is 0.0412. The molecule has 1 saturated heterocycles. The first-order valence-corrected chi connectivity index (χ1v) is 9.84. The first-order valence-electron chi connectivity index (χ1n) is 8.00. The van der Waals surface area contributed by atoms with Crippen LogP contribution < -0.4 is 0 Å². The molecule has 7 nitrogen and oxygen atoms in total. The summed E-state index contributed by atoms with van der Waals surface area (Å²) in [4.78, 5) is 14.1. The lowest BCUT2D eigenvalue weighted by atomic mass is 10.2. The van der Waals surface area contributed by atoms with Crippen LogP contribution in [0.5, 0.6) is 0 Å². The molecule has 8 heteroatoms.